The largest absolute Gasteiger partial charge is 0.457 e. The topological polar surface area (TPSA) is 76.4 Å². The standard InChI is InChI=1S/C19H17ClFNO4/c1-10-12(15(23)8-11-3-4-14(21)13(20)7-11)9-16(26-10)17(24)18(25)22-19(2)5-6-19/h3-4,7,9H,5-6,8H2,1-2H3,(H,22,25). The third-order valence-electron chi connectivity index (χ3n) is 4.41. The Balaban J connectivity index is 1.74. The van der Waals surface area contributed by atoms with Crippen LogP contribution in [0, 0.1) is 12.7 Å². The lowest BCUT2D eigenvalue weighted by Crippen LogP contribution is -2.39. The first-order chi connectivity index (χ1) is 12.2. The van der Waals surface area contributed by atoms with Gasteiger partial charge in [-0.3, -0.25) is 14.4 Å². The van der Waals surface area contributed by atoms with Crippen LogP contribution < -0.4 is 5.32 Å². The minimum Gasteiger partial charge on any atom is -0.457 e. The highest BCUT2D eigenvalue weighted by molar-refractivity contribution is 6.42. The maximum atomic E-state index is 13.2. The Bertz CT molecular complexity index is 914. The predicted molar refractivity (Wildman–Crippen MR) is 93.0 cm³/mol. The summed E-state index contributed by atoms with van der Waals surface area (Å²) in [5.74, 6) is -2.37. The van der Waals surface area contributed by atoms with Gasteiger partial charge >= 0.3 is 0 Å². The number of nitrogens with one attached hydrogen (secondary N) is 1. The predicted octanol–water partition coefficient (Wildman–Crippen LogP) is 3.66. The number of rotatable bonds is 6. The highest BCUT2D eigenvalue weighted by atomic mass is 35.5. The minimum atomic E-state index is -0.815. The van der Waals surface area contributed by atoms with Crippen molar-refractivity contribution in [1.29, 1.82) is 0 Å². The summed E-state index contributed by atoms with van der Waals surface area (Å²) in [5, 5.41) is 2.59. The Morgan fingerprint density at radius 3 is 2.58 bits per heavy atom. The maximum absolute atomic E-state index is 13.2. The smallest absolute Gasteiger partial charge is 0.296 e. The summed E-state index contributed by atoms with van der Waals surface area (Å²) < 4.78 is 18.5. The number of amides is 1. The van der Waals surface area contributed by atoms with Crippen molar-refractivity contribution in [2.45, 2.75) is 38.6 Å². The van der Waals surface area contributed by atoms with Gasteiger partial charge in [-0.2, -0.15) is 0 Å². The zero-order valence-corrected chi connectivity index (χ0v) is 15.1. The molecule has 1 amide bonds. The van der Waals surface area contributed by atoms with E-state index < -0.39 is 17.5 Å². The summed E-state index contributed by atoms with van der Waals surface area (Å²) in [7, 11) is 0. The maximum Gasteiger partial charge on any atom is 0.296 e. The summed E-state index contributed by atoms with van der Waals surface area (Å²) in [5.41, 5.74) is 0.419. The molecule has 1 aromatic heterocycles. The highest BCUT2D eigenvalue weighted by Crippen LogP contribution is 2.34. The van der Waals surface area contributed by atoms with Gasteiger partial charge in [-0.05, 0) is 50.5 Å². The first kappa shape index (κ1) is 18.3. The molecule has 3 rings (SSSR count). The van der Waals surface area contributed by atoms with Crippen molar-refractivity contribution >= 4 is 29.1 Å². The zero-order chi connectivity index (χ0) is 19.1. The van der Waals surface area contributed by atoms with Crippen LogP contribution >= 0.6 is 11.6 Å². The van der Waals surface area contributed by atoms with Crippen LogP contribution in [0.3, 0.4) is 0 Å². The number of benzene rings is 1. The molecule has 1 N–H and O–H groups in total. The molecule has 0 atom stereocenters. The molecule has 1 heterocycles. The molecule has 26 heavy (non-hydrogen) atoms. The highest BCUT2D eigenvalue weighted by Gasteiger charge is 2.40. The van der Waals surface area contributed by atoms with Crippen LogP contribution in [-0.4, -0.2) is 23.0 Å². The van der Waals surface area contributed by atoms with Crippen LogP contribution in [0.25, 0.3) is 0 Å². The van der Waals surface area contributed by atoms with Crippen molar-refractivity contribution in [3.63, 3.8) is 0 Å². The number of carbonyl (C=O) groups excluding carboxylic acids is 3. The molecule has 1 fully saturated rings. The number of hydrogen-bond donors (Lipinski definition) is 1. The molecular weight excluding hydrogens is 361 g/mol. The molecule has 1 aliphatic carbocycles. The second kappa shape index (κ2) is 6.68. The van der Waals surface area contributed by atoms with Gasteiger partial charge in [0.15, 0.2) is 11.5 Å². The van der Waals surface area contributed by atoms with E-state index in [1.54, 1.807) is 6.92 Å². The third kappa shape index (κ3) is 3.85. The molecule has 0 saturated heterocycles. The zero-order valence-electron chi connectivity index (χ0n) is 14.3. The van der Waals surface area contributed by atoms with Gasteiger partial charge in [0.2, 0.25) is 0 Å². The second-order valence-corrected chi connectivity index (χ2v) is 7.18. The molecule has 7 heteroatoms. The van der Waals surface area contributed by atoms with Gasteiger partial charge in [-0.25, -0.2) is 4.39 Å². The van der Waals surface area contributed by atoms with Gasteiger partial charge < -0.3 is 9.73 Å². The van der Waals surface area contributed by atoms with Crippen LogP contribution in [0.5, 0.6) is 0 Å². The van der Waals surface area contributed by atoms with E-state index >= 15 is 0 Å². The van der Waals surface area contributed by atoms with Gasteiger partial charge in [0.05, 0.1) is 10.6 Å². The number of halogens is 2. The van der Waals surface area contributed by atoms with Crippen molar-refractivity contribution in [3.05, 3.63) is 57.8 Å². The van der Waals surface area contributed by atoms with Crippen molar-refractivity contribution in [3.8, 4) is 0 Å². The molecule has 0 aliphatic heterocycles. The summed E-state index contributed by atoms with van der Waals surface area (Å²) in [4.78, 5) is 36.7. The third-order valence-corrected chi connectivity index (χ3v) is 4.70. The molecule has 0 bridgehead atoms. The fourth-order valence-corrected chi connectivity index (χ4v) is 2.76. The van der Waals surface area contributed by atoms with Gasteiger partial charge in [-0.1, -0.05) is 17.7 Å². The van der Waals surface area contributed by atoms with E-state index in [9.17, 15) is 18.8 Å². The van der Waals surface area contributed by atoms with Gasteiger partial charge in [0.1, 0.15) is 11.6 Å². The van der Waals surface area contributed by atoms with Gasteiger partial charge in [-0.15, -0.1) is 0 Å². The summed E-state index contributed by atoms with van der Waals surface area (Å²) >= 11 is 5.72. The van der Waals surface area contributed by atoms with Crippen LogP contribution in [0.15, 0.2) is 28.7 Å². The first-order valence-corrected chi connectivity index (χ1v) is 8.51. The number of Topliss-reactive ketones (excluding diaryl/α,β-unsaturated/α-hetero) is 2. The Morgan fingerprint density at radius 2 is 1.96 bits per heavy atom. The van der Waals surface area contributed by atoms with Crippen LogP contribution in [0.2, 0.25) is 5.02 Å². The molecule has 136 valence electrons. The SMILES string of the molecule is Cc1oc(C(=O)C(=O)NC2(C)CC2)cc1C(=O)Cc1ccc(F)c(Cl)c1. The van der Waals surface area contributed by atoms with E-state index in [1.165, 1.54) is 24.3 Å². The Hall–Kier alpha value is -2.47. The number of hydrogen-bond acceptors (Lipinski definition) is 4. The van der Waals surface area contributed by atoms with E-state index in [0.717, 1.165) is 12.8 Å². The van der Waals surface area contributed by atoms with E-state index in [-0.39, 0.29) is 39.8 Å². The lowest BCUT2D eigenvalue weighted by atomic mass is 10.0. The van der Waals surface area contributed by atoms with E-state index in [0.29, 0.717) is 5.56 Å². The summed E-state index contributed by atoms with van der Waals surface area (Å²) in [6.45, 7) is 3.40. The molecule has 1 saturated carbocycles. The first-order valence-electron chi connectivity index (χ1n) is 8.13. The molecule has 1 aliphatic rings. The molecule has 2 aromatic rings. The van der Waals surface area contributed by atoms with Crippen LogP contribution in [0.1, 0.15) is 52.0 Å². The van der Waals surface area contributed by atoms with Crippen molar-refractivity contribution in [2.24, 2.45) is 0 Å². The second-order valence-electron chi connectivity index (χ2n) is 6.77. The summed E-state index contributed by atoms with van der Waals surface area (Å²) in [6.07, 6.45) is 1.62. The quantitative estimate of drug-likeness (QED) is 0.615. The fourth-order valence-electron chi connectivity index (χ4n) is 2.56. The molecule has 0 spiro atoms. The average molecular weight is 378 g/mol. The molecule has 1 aromatic carbocycles. The van der Waals surface area contributed by atoms with Gasteiger partial charge in [0.25, 0.3) is 11.7 Å². The number of carbonyl (C=O) groups is 3. The number of ketones is 2. The van der Waals surface area contributed by atoms with Crippen molar-refractivity contribution in [1.82, 2.24) is 5.32 Å². The van der Waals surface area contributed by atoms with Crippen molar-refractivity contribution in [2.75, 3.05) is 0 Å². The Morgan fingerprint density at radius 1 is 1.27 bits per heavy atom. The Labute approximate surface area is 154 Å². The molecule has 0 radical (unpaired) electrons. The normalized spacial score (nSPS) is 14.8. The lowest BCUT2D eigenvalue weighted by Gasteiger charge is -2.08. The molecular formula is C19H17ClFNO4. The van der Waals surface area contributed by atoms with E-state index in [4.69, 9.17) is 16.0 Å². The average Bonchev–Trinajstić information content (AvgIpc) is 3.16. The lowest BCUT2D eigenvalue weighted by molar-refractivity contribution is -0.117. The summed E-state index contributed by atoms with van der Waals surface area (Å²) in [6, 6.07) is 5.30. The molecule has 5 nitrogen and oxygen atoms in total. The Kier molecular flexibility index (Phi) is 4.71. The number of aryl methyl sites for hydroxylation is 1. The minimum absolute atomic E-state index is 0.0295. The van der Waals surface area contributed by atoms with E-state index in [2.05, 4.69) is 5.32 Å². The molecule has 0 unspecified atom stereocenters. The van der Waals surface area contributed by atoms with Crippen LogP contribution in [0.4, 0.5) is 4.39 Å². The number of furan rings is 1. The van der Waals surface area contributed by atoms with Gasteiger partial charge in [0, 0.05) is 12.0 Å². The van der Waals surface area contributed by atoms with E-state index in [1.807, 2.05) is 6.92 Å². The fraction of sp³-hybridized carbons (Fsp3) is 0.316. The van der Waals surface area contributed by atoms with Crippen molar-refractivity contribution < 1.29 is 23.2 Å². The monoisotopic (exact) mass is 377 g/mol. The van der Waals surface area contributed by atoms with Crippen LogP contribution in [-0.2, 0) is 11.2 Å².